The average molecular weight is 207 g/mol. The summed E-state index contributed by atoms with van der Waals surface area (Å²) in [7, 11) is 4.19. The van der Waals surface area contributed by atoms with Crippen molar-refractivity contribution in [1.82, 2.24) is 4.90 Å². The van der Waals surface area contributed by atoms with Crippen molar-refractivity contribution in [3.63, 3.8) is 0 Å². The second-order valence-corrected chi connectivity index (χ2v) is 4.09. The second-order valence-electron chi connectivity index (χ2n) is 4.09. The zero-order valence-electron chi connectivity index (χ0n) is 9.32. The lowest BCUT2D eigenvalue weighted by atomic mass is 10.1. The molecular weight excluding hydrogens is 190 g/mol. The van der Waals surface area contributed by atoms with E-state index in [1.54, 1.807) is 0 Å². The minimum absolute atomic E-state index is 0.358. The second kappa shape index (κ2) is 4.53. The number of aryl methyl sites for hydroxylation is 1. The van der Waals surface area contributed by atoms with Crippen molar-refractivity contribution >= 4 is 0 Å². The lowest BCUT2D eigenvalue weighted by Crippen LogP contribution is -2.13. The van der Waals surface area contributed by atoms with Crippen LogP contribution in [0.2, 0.25) is 0 Å². The minimum atomic E-state index is 0.358. The molecule has 0 saturated carbocycles. The molecule has 1 aliphatic rings. The molecule has 0 bridgehead atoms. The monoisotopic (exact) mass is 207 g/mol. The zero-order valence-corrected chi connectivity index (χ0v) is 9.32. The zero-order chi connectivity index (χ0) is 10.7. The van der Waals surface area contributed by atoms with Gasteiger partial charge in [0.1, 0.15) is 0 Å². The van der Waals surface area contributed by atoms with Crippen molar-refractivity contribution in [1.29, 1.82) is 0 Å². The van der Waals surface area contributed by atoms with Gasteiger partial charge in [-0.3, -0.25) is 0 Å². The van der Waals surface area contributed by atoms with Crippen LogP contribution in [0.15, 0.2) is 18.2 Å². The Morgan fingerprint density at radius 2 is 2.00 bits per heavy atom. The number of fused-ring (bicyclic) bond motifs is 1. The molecule has 0 radical (unpaired) electrons. The molecule has 2 rings (SSSR count). The summed E-state index contributed by atoms with van der Waals surface area (Å²) in [4.78, 5) is 2.20. The van der Waals surface area contributed by atoms with Crippen molar-refractivity contribution in [3.8, 4) is 11.5 Å². The van der Waals surface area contributed by atoms with Gasteiger partial charge in [0.15, 0.2) is 11.5 Å². The van der Waals surface area contributed by atoms with E-state index in [-0.39, 0.29) is 0 Å². The van der Waals surface area contributed by atoms with Gasteiger partial charge in [-0.15, -0.1) is 0 Å². The molecule has 0 atom stereocenters. The van der Waals surface area contributed by atoms with E-state index in [0.29, 0.717) is 6.79 Å². The van der Waals surface area contributed by atoms with E-state index in [1.165, 1.54) is 12.0 Å². The van der Waals surface area contributed by atoms with Crippen molar-refractivity contribution in [3.05, 3.63) is 23.8 Å². The van der Waals surface area contributed by atoms with Crippen LogP contribution in [0.1, 0.15) is 12.0 Å². The van der Waals surface area contributed by atoms with Crippen LogP contribution in [0.3, 0.4) is 0 Å². The Balaban J connectivity index is 1.92. The minimum Gasteiger partial charge on any atom is -0.454 e. The largest absolute Gasteiger partial charge is 0.454 e. The lowest BCUT2D eigenvalue weighted by Gasteiger charge is -2.09. The van der Waals surface area contributed by atoms with Crippen LogP contribution < -0.4 is 9.47 Å². The normalized spacial score (nSPS) is 13.5. The Morgan fingerprint density at radius 3 is 2.80 bits per heavy atom. The fourth-order valence-electron chi connectivity index (χ4n) is 1.70. The van der Waals surface area contributed by atoms with Crippen LogP contribution >= 0.6 is 0 Å². The Hall–Kier alpha value is -1.22. The van der Waals surface area contributed by atoms with Gasteiger partial charge in [-0.1, -0.05) is 6.07 Å². The van der Waals surface area contributed by atoms with Gasteiger partial charge >= 0.3 is 0 Å². The van der Waals surface area contributed by atoms with Crippen LogP contribution in [0.4, 0.5) is 0 Å². The first kappa shape index (κ1) is 10.3. The summed E-state index contributed by atoms with van der Waals surface area (Å²) in [6.07, 6.45) is 2.27. The molecule has 0 fully saturated rings. The van der Waals surface area contributed by atoms with Gasteiger partial charge in [0.05, 0.1) is 0 Å². The molecule has 0 aliphatic carbocycles. The Morgan fingerprint density at radius 1 is 1.20 bits per heavy atom. The molecule has 15 heavy (non-hydrogen) atoms. The van der Waals surface area contributed by atoms with E-state index < -0.39 is 0 Å². The average Bonchev–Trinajstić information content (AvgIpc) is 2.64. The molecular formula is C12H17NO2. The smallest absolute Gasteiger partial charge is 0.231 e. The van der Waals surface area contributed by atoms with Gasteiger partial charge in [0, 0.05) is 0 Å². The lowest BCUT2D eigenvalue weighted by molar-refractivity contribution is 0.174. The molecule has 82 valence electrons. The standard InChI is InChI=1S/C12H17NO2/c1-13(2)7-3-4-10-5-6-11-12(8-10)15-9-14-11/h5-6,8H,3-4,7,9H2,1-2H3. The highest BCUT2D eigenvalue weighted by Crippen LogP contribution is 2.32. The van der Waals surface area contributed by atoms with Crippen LogP contribution in [0.5, 0.6) is 11.5 Å². The Kier molecular flexibility index (Phi) is 3.11. The topological polar surface area (TPSA) is 21.7 Å². The third-order valence-corrected chi connectivity index (χ3v) is 2.51. The molecule has 3 nitrogen and oxygen atoms in total. The molecule has 0 amide bonds. The number of hydrogen-bond donors (Lipinski definition) is 0. The maximum Gasteiger partial charge on any atom is 0.231 e. The molecule has 0 spiro atoms. The van der Waals surface area contributed by atoms with Gasteiger partial charge in [-0.25, -0.2) is 0 Å². The molecule has 0 aromatic heterocycles. The quantitative estimate of drug-likeness (QED) is 0.752. The first-order valence-electron chi connectivity index (χ1n) is 5.29. The summed E-state index contributed by atoms with van der Waals surface area (Å²) in [6, 6.07) is 6.19. The van der Waals surface area contributed by atoms with Crippen LogP contribution in [-0.4, -0.2) is 32.3 Å². The number of ether oxygens (including phenoxy) is 2. The van der Waals surface area contributed by atoms with Crippen LogP contribution in [0.25, 0.3) is 0 Å². The molecule has 0 N–H and O–H groups in total. The van der Waals surface area contributed by atoms with Crippen LogP contribution in [0, 0.1) is 0 Å². The van der Waals surface area contributed by atoms with Gasteiger partial charge in [-0.05, 0) is 51.2 Å². The first-order chi connectivity index (χ1) is 7.25. The van der Waals surface area contributed by atoms with E-state index >= 15 is 0 Å². The molecule has 1 heterocycles. The third kappa shape index (κ3) is 2.63. The highest BCUT2D eigenvalue weighted by Gasteiger charge is 2.12. The molecule has 1 aromatic rings. The number of hydrogen-bond acceptors (Lipinski definition) is 3. The summed E-state index contributed by atoms with van der Waals surface area (Å²) < 4.78 is 10.6. The Bertz CT molecular complexity index is 336. The van der Waals surface area contributed by atoms with Crippen molar-refractivity contribution in [2.75, 3.05) is 27.4 Å². The predicted molar refractivity (Wildman–Crippen MR) is 59.4 cm³/mol. The first-order valence-corrected chi connectivity index (χ1v) is 5.29. The molecule has 1 aromatic carbocycles. The highest BCUT2D eigenvalue weighted by molar-refractivity contribution is 5.44. The maximum absolute atomic E-state index is 5.33. The third-order valence-electron chi connectivity index (χ3n) is 2.51. The summed E-state index contributed by atoms with van der Waals surface area (Å²) >= 11 is 0. The van der Waals surface area contributed by atoms with Gasteiger partial charge in [0.25, 0.3) is 0 Å². The Labute approximate surface area is 90.6 Å². The molecule has 1 aliphatic heterocycles. The molecule has 0 unspecified atom stereocenters. The van der Waals surface area contributed by atoms with E-state index in [0.717, 1.165) is 24.5 Å². The number of rotatable bonds is 4. The molecule has 0 saturated heterocycles. The van der Waals surface area contributed by atoms with Crippen molar-refractivity contribution < 1.29 is 9.47 Å². The highest BCUT2D eigenvalue weighted by atomic mass is 16.7. The number of benzene rings is 1. The van der Waals surface area contributed by atoms with E-state index in [1.807, 2.05) is 6.07 Å². The van der Waals surface area contributed by atoms with Crippen molar-refractivity contribution in [2.24, 2.45) is 0 Å². The van der Waals surface area contributed by atoms with E-state index in [9.17, 15) is 0 Å². The van der Waals surface area contributed by atoms with Crippen LogP contribution in [-0.2, 0) is 6.42 Å². The van der Waals surface area contributed by atoms with Crippen molar-refractivity contribution in [2.45, 2.75) is 12.8 Å². The van der Waals surface area contributed by atoms with Gasteiger partial charge in [0.2, 0.25) is 6.79 Å². The fraction of sp³-hybridized carbons (Fsp3) is 0.500. The van der Waals surface area contributed by atoms with Gasteiger partial charge < -0.3 is 14.4 Å². The predicted octanol–water partition coefficient (Wildman–Crippen LogP) is 1.91. The van der Waals surface area contributed by atoms with Gasteiger partial charge in [-0.2, -0.15) is 0 Å². The summed E-state index contributed by atoms with van der Waals surface area (Å²) in [5.74, 6) is 1.75. The fourth-order valence-corrected chi connectivity index (χ4v) is 1.70. The maximum atomic E-state index is 5.33. The summed E-state index contributed by atoms with van der Waals surface area (Å²) in [5.41, 5.74) is 1.32. The van der Waals surface area contributed by atoms with E-state index in [2.05, 4.69) is 31.1 Å². The summed E-state index contributed by atoms with van der Waals surface area (Å²) in [5, 5.41) is 0. The summed E-state index contributed by atoms with van der Waals surface area (Å²) in [6.45, 7) is 1.48. The molecule has 3 heteroatoms. The SMILES string of the molecule is CN(C)CCCc1ccc2c(c1)OCO2. The van der Waals surface area contributed by atoms with E-state index in [4.69, 9.17) is 9.47 Å². The number of nitrogens with zero attached hydrogens (tertiary/aromatic N) is 1.